The zero-order valence-corrected chi connectivity index (χ0v) is 22.9. The highest BCUT2D eigenvalue weighted by atomic mass is 35.5. The second kappa shape index (κ2) is 9.96. The third-order valence-corrected chi connectivity index (χ3v) is 9.84. The van der Waals surface area contributed by atoms with E-state index in [1.54, 1.807) is 23.5 Å². The Bertz CT molecular complexity index is 1040. The summed E-state index contributed by atoms with van der Waals surface area (Å²) in [4.78, 5) is 21.1. The van der Waals surface area contributed by atoms with E-state index < -0.39 is 6.10 Å². The van der Waals surface area contributed by atoms with E-state index in [9.17, 15) is 9.90 Å². The summed E-state index contributed by atoms with van der Waals surface area (Å²) in [5, 5.41) is 16.8. The van der Waals surface area contributed by atoms with Gasteiger partial charge in [-0.1, -0.05) is 50.0 Å². The van der Waals surface area contributed by atoms with Crippen molar-refractivity contribution in [3.05, 3.63) is 38.8 Å². The van der Waals surface area contributed by atoms with Crippen molar-refractivity contribution in [1.29, 1.82) is 0 Å². The fraction of sp³-hybridized carbons (Fsp3) is 0.615. The van der Waals surface area contributed by atoms with Crippen LogP contribution in [0.5, 0.6) is 0 Å². The van der Waals surface area contributed by atoms with Gasteiger partial charge < -0.3 is 15.3 Å². The highest BCUT2D eigenvalue weighted by molar-refractivity contribution is 7.15. The smallest absolute Gasteiger partial charge is 0.225 e. The number of nitrogens with one attached hydrogen (secondary N) is 1. The van der Waals surface area contributed by atoms with Gasteiger partial charge in [-0.15, -0.1) is 11.3 Å². The summed E-state index contributed by atoms with van der Waals surface area (Å²) in [6.45, 7) is 11.9. The molecule has 2 aliphatic carbocycles. The van der Waals surface area contributed by atoms with Crippen LogP contribution in [0.1, 0.15) is 63.9 Å². The molecule has 0 saturated heterocycles. The number of hydrogen-bond acceptors (Lipinski definition) is 5. The van der Waals surface area contributed by atoms with Crippen LogP contribution >= 0.6 is 34.5 Å². The summed E-state index contributed by atoms with van der Waals surface area (Å²) in [6, 6.07) is 5.43. The van der Waals surface area contributed by atoms with Gasteiger partial charge in [0, 0.05) is 29.8 Å². The predicted molar refractivity (Wildman–Crippen MR) is 141 cm³/mol. The molecular formula is C26H35Cl2N3O2S. The van der Waals surface area contributed by atoms with Gasteiger partial charge in [-0.05, 0) is 62.5 Å². The Hall–Kier alpha value is -1.34. The highest BCUT2D eigenvalue weighted by Crippen LogP contribution is 2.57. The Morgan fingerprint density at radius 1 is 1.32 bits per heavy atom. The number of halogens is 2. The second-order valence-electron chi connectivity index (χ2n) is 10.2. The van der Waals surface area contributed by atoms with Gasteiger partial charge >= 0.3 is 0 Å². The zero-order chi connectivity index (χ0) is 24.8. The molecule has 2 N–H and O–H groups in total. The summed E-state index contributed by atoms with van der Waals surface area (Å²) in [7, 11) is 0. The van der Waals surface area contributed by atoms with Gasteiger partial charge in [0.2, 0.25) is 5.91 Å². The molecule has 0 radical (unpaired) electrons. The third kappa shape index (κ3) is 4.47. The number of aliphatic hydroxyl groups excluding tert-OH is 1. The number of anilines is 2. The van der Waals surface area contributed by atoms with Gasteiger partial charge in [0.1, 0.15) is 0 Å². The zero-order valence-electron chi connectivity index (χ0n) is 20.6. The second-order valence-corrected chi connectivity index (χ2v) is 12.1. The Labute approximate surface area is 216 Å². The first-order valence-electron chi connectivity index (χ1n) is 12.3. The van der Waals surface area contributed by atoms with Crippen molar-refractivity contribution in [3.8, 4) is 0 Å². The SMILES string of the molecule is CCN(CC)C(=O)[C@@H](C)[C@H]1CC[C@]2(C)Cc3sc(Nc4c(Cl)cccc4Cl)nc3[C@@H](C)[C@@H]2[C@H]1O. The van der Waals surface area contributed by atoms with E-state index in [1.165, 1.54) is 4.88 Å². The Balaban J connectivity index is 1.60. The summed E-state index contributed by atoms with van der Waals surface area (Å²) in [5.41, 5.74) is 1.68. The first kappa shape index (κ1) is 25.7. The molecule has 1 heterocycles. The van der Waals surface area contributed by atoms with Crippen LogP contribution in [0.15, 0.2) is 18.2 Å². The molecule has 1 saturated carbocycles. The fourth-order valence-electron chi connectivity index (χ4n) is 6.33. The maximum atomic E-state index is 13.1. The van der Waals surface area contributed by atoms with Crippen molar-refractivity contribution in [2.75, 3.05) is 18.4 Å². The van der Waals surface area contributed by atoms with Gasteiger partial charge in [0.25, 0.3) is 0 Å². The molecule has 186 valence electrons. The number of thiazole rings is 1. The highest BCUT2D eigenvalue weighted by Gasteiger charge is 2.54. The van der Waals surface area contributed by atoms with Crippen molar-refractivity contribution in [2.24, 2.45) is 23.2 Å². The Kier molecular flexibility index (Phi) is 7.54. The predicted octanol–water partition coefficient (Wildman–Crippen LogP) is 6.75. The van der Waals surface area contributed by atoms with Crippen LogP contribution in [0.4, 0.5) is 10.8 Å². The van der Waals surface area contributed by atoms with Crippen molar-refractivity contribution < 1.29 is 9.90 Å². The van der Waals surface area contributed by atoms with Crippen LogP contribution < -0.4 is 5.32 Å². The largest absolute Gasteiger partial charge is 0.392 e. The molecule has 1 aromatic heterocycles. The lowest BCUT2D eigenvalue weighted by Gasteiger charge is -2.53. The maximum Gasteiger partial charge on any atom is 0.225 e. The van der Waals surface area contributed by atoms with Crippen LogP contribution in [0.2, 0.25) is 10.0 Å². The standard InChI is InChI=1S/C26H35Cl2N3O2S/c1-6-31(7-2)24(33)14(3)16-11-12-26(5)13-19-21(15(4)20(26)23(16)32)29-25(34-19)30-22-17(27)9-8-10-18(22)28/h8-10,14-16,20,23,32H,6-7,11-13H2,1-5H3,(H,29,30)/t14-,15-,16+,20+,23-,26+/m0/s1. The van der Waals surface area contributed by atoms with Gasteiger partial charge in [-0.3, -0.25) is 4.79 Å². The molecule has 6 atom stereocenters. The number of fused-ring (bicyclic) bond motifs is 2. The third-order valence-electron chi connectivity index (χ3n) is 8.22. The number of carbonyl (C=O) groups is 1. The number of nitrogens with zero attached hydrogens (tertiary/aromatic N) is 2. The minimum atomic E-state index is -0.535. The lowest BCUT2D eigenvalue weighted by molar-refractivity contribution is -0.144. The molecule has 8 heteroatoms. The molecular weight excluding hydrogens is 489 g/mol. The molecule has 0 bridgehead atoms. The number of benzene rings is 1. The van der Waals surface area contributed by atoms with Crippen LogP contribution in [0.3, 0.4) is 0 Å². The summed E-state index contributed by atoms with van der Waals surface area (Å²) in [5.74, 6) is 0.0790. The number of rotatable bonds is 6. The minimum Gasteiger partial charge on any atom is -0.392 e. The minimum absolute atomic E-state index is 0.0217. The van der Waals surface area contributed by atoms with E-state index in [0.29, 0.717) is 28.8 Å². The fourth-order valence-corrected chi connectivity index (χ4v) is 8.09. The summed E-state index contributed by atoms with van der Waals surface area (Å²) in [6.07, 6.45) is 2.21. The van der Waals surface area contributed by atoms with Gasteiger partial charge in [0.15, 0.2) is 5.13 Å². The topological polar surface area (TPSA) is 65.5 Å². The van der Waals surface area contributed by atoms with Gasteiger partial charge in [0.05, 0.1) is 27.5 Å². The molecule has 1 aromatic carbocycles. The number of aliphatic hydroxyl groups is 1. The van der Waals surface area contributed by atoms with E-state index in [2.05, 4.69) is 19.2 Å². The number of carbonyl (C=O) groups excluding carboxylic acids is 1. The summed E-state index contributed by atoms with van der Waals surface area (Å²) >= 11 is 14.4. The summed E-state index contributed by atoms with van der Waals surface area (Å²) < 4.78 is 0. The number of para-hydroxylation sites is 1. The van der Waals surface area contributed by atoms with Gasteiger partial charge in [-0.25, -0.2) is 4.98 Å². The first-order valence-corrected chi connectivity index (χ1v) is 13.9. The van der Waals surface area contributed by atoms with Crippen molar-refractivity contribution >= 4 is 51.3 Å². The van der Waals surface area contributed by atoms with E-state index in [0.717, 1.165) is 30.1 Å². The molecule has 4 rings (SSSR count). The number of amides is 1. The quantitative estimate of drug-likeness (QED) is 0.439. The van der Waals surface area contributed by atoms with E-state index in [4.69, 9.17) is 28.2 Å². The van der Waals surface area contributed by atoms with Crippen molar-refractivity contribution in [1.82, 2.24) is 9.88 Å². The molecule has 2 aliphatic rings. The molecule has 1 amide bonds. The molecule has 0 aliphatic heterocycles. The van der Waals surface area contributed by atoms with Crippen LogP contribution in [-0.4, -0.2) is 40.1 Å². The van der Waals surface area contributed by atoms with Gasteiger partial charge in [-0.2, -0.15) is 0 Å². The van der Waals surface area contributed by atoms with Crippen LogP contribution in [-0.2, 0) is 11.2 Å². The Morgan fingerprint density at radius 2 is 1.97 bits per heavy atom. The van der Waals surface area contributed by atoms with Crippen molar-refractivity contribution in [3.63, 3.8) is 0 Å². The van der Waals surface area contributed by atoms with Crippen LogP contribution in [0.25, 0.3) is 0 Å². The average Bonchev–Trinajstić information content (AvgIpc) is 3.19. The van der Waals surface area contributed by atoms with Crippen molar-refractivity contribution in [2.45, 2.75) is 65.9 Å². The lowest BCUT2D eigenvalue weighted by Crippen LogP contribution is -2.53. The maximum absolute atomic E-state index is 13.1. The number of aromatic nitrogens is 1. The van der Waals surface area contributed by atoms with E-state index in [1.807, 2.05) is 31.7 Å². The molecule has 0 spiro atoms. The monoisotopic (exact) mass is 523 g/mol. The molecule has 2 aromatic rings. The molecule has 34 heavy (non-hydrogen) atoms. The normalized spacial score (nSPS) is 29.2. The van der Waals surface area contributed by atoms with E-state index in [-0.39, 0.29) is 35.0 Å². The average molecular weight is 525 g/mol. The molecule has 1 fully saturated rings. The molecule has 0 unspecified atom stereocenters. The Morgan fingerprint density at radius 3 is 2.59 bits per heavy atom. The number of hydrogen-bond donors (Lipinski definition) is 2. The lowest BCUT2D eigenvalue weighted by atomic mass is 9.53. The first-order chi connectivity index (χ1) is 16.1. The molecule has 5 nitrogen and oxygen atoms in total. The van der Waals surface area contributed by atoms with E-state index >= 15 is 0 Å². The van der Waals surface area contributed by atoms with Crippen LogP contribution in [0, 0.1) is 23.2 Å².